The summed E-state index contributed by atoms with van der Waals surface area (Å²) in [5, 5.41) is 20.5. The quantitative estimate of drug-likeness (QED) is 0.211. The Kier molecular flexibility index (Phi) is 6.73. The van der Waals surface area contributed by atoms with Crippen LogP contribution in [0.25, 0.3) is 11.0 Å². The molecule has 3 heterocycles. The highest BCUT2D eigenvalue weighted by Crippen LogP contribution is 2.67. The zero-order valence-electron chi connectivity index (χ0n) is 15.1. The number of phosphoric acid groups is 3. The van der Waals surface area contributed by atoms with E-state index in [1.165, 1.54) is 16.8 Å². The van der Waals surface area contributed by atoms with E-state index in [1.807, 2.05) is 0 Å². The zero-order chi connectivity index (χ0) is 23.2. The number of hydrogen-bond donors (Lipinski definition) is 7. The van der Waals surface area contributed by atoms with Gasteiger partial charge in [0, 0.05) is 6.20 Å². The Balaban J connectivity index is 1.83. The molecule has 0 aromatic carbocycles. The van der Waals surface area contributed by atoms with Gasteiger partial charge in [0.1, 0.15) is 36.1 Å². The second-order valence-electron chi connectivity index (χ2n) is 6.12. The van der Waals surface area contributed by atoms with Gasteiger partial charge >= 0.3 is 23.5 Å². The average molecular weight is 506 g/mol. The van der Waals surface area contributed by atoms with Gasteiger partial charge in [-0.05, 0) is 6.07 Å². The summed E-state index contributed by atoms with van der Waals surface area (Å²) in [5.41, 5.74) is 5.95. The minimum absolute atomic E-state index is 0.125. The number of aromatic nitrogens is 3. The van der Waals surface area contributed by atoms with Crippen LogP contribution >= 0.6 is 23.5 Å². The minimum Gasteiger partial charge on any atom is -0.394 e. The van der Waals surface area contributed by atoms with Gasteiger partial charge < -0.3 is 44.8 Å². The smallest absolute Gasteiger partial charge is 0.394 e. The van der Waals surface area contributed by atoms with Crippen molar-refractivity contribution in [3.05, 3.63) is 18.6 Å². The first-order chi connectivity index (χ1) is 14.2. The molecule has 2 aromatic rings. The van der Waals surface area contributed by atoms with Crippen molar-refractivity contribution in [2.24, 2.45) is 0 Å². The molecule has 8 N–H and O–H groups in total. The van der Waals surface area contributed by atoms with E-state index >= 15 is 0 Å². The standard InChI is InChI=1S/C11H17N4O13P3/c12-9-5-1-2-15(10(5)14-4-13-9)11-7(17)8(6(3-16)25-11)26-30(21,22)28-31(23,24)27-29(18,19)20/h1-2,4,6-8,11,16-17H,3H2,(H,21,22)(H,23,24)(H2,12,13,14)(H2,18,19,20)/t6-,7-,8-,11-/m1/s1. The molecule has 17 nitrogen and oxygen atoms in total. The number of anilines is 1. The molecule has 2 aromatic heterocycles. The molecule has 174 valence electrons. The van der Waals surface area contributed by atoms with Crippen LogP contribution in [0.3, 0.4) is 0 Å². The highest BCUT2D eigenvalue weighted by molar-refractivity contribution is 7.66. The number of nitrogens with two attached hydrogens (primary N) is 1. The van der Waals surface area contributed by atoms with Crippen molar-refractivity contribution in [1.82, 2.24) is 14.5 Å². The largest absolute Gasteiger partial charge is 0.490 e. The summed E-state index contributed by atoms with van der Waals surface area (Å²) in [6.07, 6.45) is -3.75. The lowest BCUT2D eigenvalue weighted by molar-refractivity contribution is -0.0506. The van der Waals surface area contributed by atoms with Crippen molar-refractivity contribution in [2.75, 3.05) is 12.3 Å². The first-order valence-corrected chi connectivity index (χ1v) is 12.6. The van der Waals surface area contributed by atoms with Crippen molar-refractivity contribution < 1.29 is 61.4 Å². The molecular weight excluding hydrogens is 489 g/mol. The fourth-order valence-corrected chi connectivity index (χ4v) is 6.10. The molecule has 0 amide bonds. The van der Waals surface area contributed by atoms with Gasteiger partial charge in [-0.3, -0.25) is 4.52 Å². The Labute approximate surface area is 172 Å². The van der Waals surface area contributed by atoms with Gasteiger partial charge in [0.2, 0.25) is 0 Å². The Bertz CT molecular complexity index is 1100. The van der Waals surface area contributed by atoms with E-state index in [0.717, 1.165) is 6.33 Å². The summed E-state index contributed by atoms with van der Waals surface area (Å²) in [7, 11) is -16.9. The molecule has 3 rings (SSSR count). The summed E-state index contributed by atoms with van der Waals surface area (Å²) < 4.78 is 52.9. The third-order valence-electron chi connectivity index (χ3n) is 3.97. The first-order valence-electron chi connectivity index (χ1n) is 8.06. The molecule has 31 heavy (non-hydrogen) atoms. The fourth-order valence-electron chi connectivity index (χ4n) is 2.88. The molecule has 1 fully saturated rings. The Morgan fingerprint density at radius 1 is 1.13 bits per heavy atom. The van der Waals surface area contributed by atoms with E-state index in [0.29, 0.717) is 5.39 Å². The van der Waals surface area contributed by atoms with E-state index in [4.69, 9.17) is 20.3 Å². The zero-order valence-corrected chi connectivity index (χ0v) is 17.7. The molecule has 0 saturated carbocycles. The molecule has 0 radical (unpaired) electrons. The van der Waals surface area contributed by atoms with E-state index in [-0.39, 0.29) is 11.5 Å². The van der Waals surface area contributed by atoms with E-state index < -0.39 is 54.6 Å². The minimum atomic E-state index is -5.76. The first kappa shape index (κ1) is 24.4. The Hall–Kier alpha value is -1.29. The van der Waals surface area contributed by atoms with Crippen LogP contribution in [0.15, 0.2) is 18.6 Å². The number of hydrogen-bond acceptors (Lipinski definition) is 12. The van der Waals surface area contributed by atoms with Crippen LogP contribution < -0.4 is 5.73 Å². The van der Waals surface area contributed by atoms with Crippen LogP contribution in [0, 0.1) is 0 Å². The number of aliphatic hydroxyl groups excluding tert-OH is 2. The van der Waals surface area contributed by atoms with Crippen molar-refractivity contribution in [3.63, 3.8) is 0 Å². The third kappa shape index (κ3) is 5.56. The average Bonchev–Trinajstić information content (AvgIpc) is 3.14. The van der Waals surface area contributed by atoms with Gasteiger partial charge in [0.25, 0.3) is 0 Å². The third-order valence-corrected chi connectivity index (χ3v) is 7.81. The molecule has 6 atom stereocenters. The number of nitrogens with zero attached hydrogens (tertiary/aromatic N) is 3. The van der Waals surface area contributed by atoms with Gasteiger partial charge in [-0.2, -0.15) is 8.62 Å². The predicted octanol–water partition coefficient (Wildman–Crippen LogP) is -1.02. The second-order valence-corrected chi connectivity index (χ2v) is 10.5. The number of phosphoric ester groups is 1. The monoisotopic (exact) mass is 506 g/mol. The van der Waals surface area contributed by atoms with Crippen molar-refractivity contribution in [3.8, 4) is 0 Å². The lowest BCUT2D eigenvalue weighted by Gasteiger charge is -2.23. The maximum absolute atomic E-state index is 12.1. The summed E-state index contributed by atoms with van der Waals surface area (Å²) in [4.78, 5) is 43.9. The number of rotatable bonds is 8. The summed E-state index contributed by atoms with van der Waals surface area (Å²) in [5.74, 6) is 0.125. The highest BCUT2D eigenvalue weighted by atomic mass is 31.3. The van der Waals surface area contributed by atoms with Crippen molar-refractivity contribution >= 4 is 40.3 Å². The molecule has 0 bridgehead atoms. The fraction of sp³-hybridized carbons (Fsp3) is 0.455. The predicted molar refractivity (Wildman–Crippen MR) is 97.7 cm³/mol. The van der Waals surface area contributed by atoms with Gasteiger partial charge in [-0.1, -0.05) is 0 Å². The Morgan fingerprint density at radius 2 is 1.81 bits per heavy atom. The number of aliphatic hydroxyl groups is 2. The van der Waals surface area contributed by atoms with E-state index in [1.54, 1.807) is 0 Å². The van der Waals surface area contributed by atoms with Gasteiger partial charge in [-0.25, -0.2) is 23.7 Å². The lowest BCUT2D eigenvalue weighted by atomic mass is 10.1. The number of ether oxygens (including phenoxy) is 1. The van der Waals surface area contributed by atoms with Crippen LogP contribution in [-0.4, -0.2) is 69.2 Å². The summed E-state index contributed by atoms with van der Waals surface area (Å²) in [6, 6.07) is 1.50. The SMILES string of the molecule is Nc1ncnc2c1ccn2[C@@H]1O[C@H](CO)[C@@H](OP(=O)(O)OP(=O)(O)OP(=O)(O)O)[C@H]1O. The molecule has 1 aliphatic heterocycles. The van der Waals surface area contributed by atoms with Gasteiger partial charge in [0.05, 0.1) is 12.0 Å². The van der Waals surface area contributed by atoms with Crippen LogP contribution in [0.5, 0.6) is 0 Å². The van der Waals surface area contributed by atoms with Crippen LogP contribution in [0.4, 0.5) is 5.82 Å². The topological polar surface area (TPSA) is 266 Å². The van der Waals surface area contributed by atoms with E-state index in [2.05, 4.69) is 23.1 Å². The number of fused-ring (bicyclic) bond motifs is 1. The van der Waals surface area contributed by atoms with Crippen LogP contribution in [0.2, 0.25) is 0 Å². The van der Waals surface area contributed by atoms with Crippen LogP contribution in [-0.2, 0) is 31.6 Å². The van der Waals surface area contributed by atoms with Crippen molar-refractivity contribution in [2.45, 2.75) is 24.5 Å². The Morgan fingerprint density at radius 3 is 2.42 bits per heavy atom. The van der Waals surface area contributed by atoms with Gasteiger partial charge in [-0.15, -0.1) is 0 Å². The number of nitrogen functional groups attached to an aromatic ring is 1. The maximum atomic E-state index is 12.1. The van der Waals surface area contributed by atoms with Gasteiger partial charge in [0.15, 0.2) is 6.23 Å². The normalized spacial score (nSPS) is 28.5. The molecular formula is C11H17N4O13P3. The molecule has 0 spiro atoms. The van der Waals surface area contributed by atoms with Crippen molar-refractivity contribution in [1.29, 1.82) is 0 Å². The molecule has 20 heteroatoms. The highest BCUT2D eigenvalue weighted by Gasteiger charge is 2.51. The van der Waals surface area contributed by atoms with Crippen LogP contribution in [0.1, 0.15) is 6.23 Å². The summed E-state index contributed by atoms with van der Waals surface area (Å²) in [6.45, 7) is -0.829. The second kappa shape index (κ2) is 8.57. The van der Waals surface area contributed by atoms with E-state index in [9.17, 15) is 33.7 Å². The summed E-state index contributed by atoms with van der Waals surface area (Å²) >= 11 is 0. The molecule has 1 saturated heterocycles. The molecule has 2 unspecified atom stereocenters. The maximum Gasteiger partial charge on any atom is 0.490 e. The molecule has 1 aliphatic rings. The molecule has 0 aliphatic carbocycles. The lowest BCUT2D eigenvalue weighted by Crippen LogP contribution is -2.35.